The third kappa shape index (κ3) is 6.84. The second-order valence-corrected chi connectivity index (χ2v) is 7.87. The van der Waals surface area contributed by atoms with Crippen LogP contribution >= 0.6 is 11.6 Å². The van der Waals surface area contributed by atoms with E-state index in [0.717, 1.165) is 0 Å². The number of hydrogen-bond acceptors (Lipinski definition) is 7. The number of rotatable bonds is 8. The van der Waals surface area contributed by atoms with Crippen LogP contribution in [0, 0.1) is 11.6 Å². The van der Waals surface area contributed by atoms with Crippen molar-refractivity contribution in [2.45, 2.75) is 13.0 Å². The number of amides is 1. The van der Waals surface area contributed by atoms with Crippen molar-refractivity contribution in [1.29, 1.82) is 0 Å². The fraction of sp³-hybridized carbons (Fsp3) is 0.0833. The van der Waals surface area contributed by atoms with Crippen LogP contribution in [0.15, 0.2) is 72.8 Å². The van der Waals surface area contributed by atoms with Crippen LogP contribution in [0.5, 0.6) is 0 Å². The summed E-state index contributed by atoms with van der Waals surface area (Å²) >= 11 is 5.88. The lowest BCUT2D eigenvalue weighted by molar-refractivity contribution is -0.116. The Hall–Kier alpha value is -4.31. The number of carbonyl (C=O) groups excluding carboxylic acids is 1. The maximum Gasteiger partial charge on any atom is 0.246 e. The molecule has 8 nitrogen and oxygen atoms in total. The Morgan fingerprint density at radius 1 is 0.714 bits per heavy atom. The molecule has 4 rings (SSSR count). The predicted octanol–water partition coefficient (Wildman–Crippen LogP) is 5.73. The lowest BCUT2D eigenvalue weighted by atomic mass is 10.2. The van der Waals surface area contributed by atoms with Crippen molar-refractivity contribution in [2.24, 2.45) is 0 Å². The molecule has 4 N–H and O–H groups in total. The molecule has 1 aromatic heterocycles. The van der Waals surface area contributed by atoms with Gasteiger partial charge in [-0.15, -0.1) is 0 Å². The van der Waals surface area contributed by atoms with E-state index in [0.29, 0.717) is 22.1 Å². The van der Waals surface area contributed by atoms with E-state index in [4.69, 9.17) is 11.6 Å². The van der Waals surface area contributed by atoms with Crippen LogP contribution in [0.2, 0.25) is 5.02 Å². The minimum Gasteiger partial charge on any atom is -0.342 e. The van der Waals surface area contributed by atoms with Crippen molar-refractivity contribution in [3.63, 3.8) is 0 Å². The van der Waals surface area contributed by atoms with E-state index >= 15 is 0 Å². The Morgan fingerprint density at radius 2 is 1.14 bits per heavy atom. The van der Waals surface area contributed by atoms with Crippen LogP contribution in [-0.4, -0.2) is 26.9 Å². The predicted molar refractivity (Wildman–Crippen MR) is 132 cm³/mol. The summed E-state index contributed by atoms with van der Waals surface area (Å²) in [5.41, 5.74) is 1.68. The lowest BCUT2D eigenvalue weighted by Crippen LogP contribution is -2.32. The Kier molecular flexibility index (Phi) is 7.32. The number of nitrogens with one attached hydrogen (secondary N) is 4. The van der Waals surface area contributed by atoms with E-state index in [9.17, 15) is 13.6 Å². The van der Waals surface area contributed by atoms with Crippen LogP contribution in [0.1, 0.15) is 6.92 Å². The number of nitrogens with zero attached hydrogens (tertiary/aromatic N) is 3. The molecule has 0 fully saturated rings. The molecule has 0 saturated heterocycles. The number of aromatic nitrogens is 3. The molecule has 1 heterocycles. The molecule has 0 bridgehead atoms. The molecule has 4 aromatic rings. The highest BCUT2D eigenvalue weighted by Gasteiger charge is 2.16. The SMILES string of the molecule is C[C@H](Nc1nc(Nc2ccc(F)cc2)nc(Nc2ccc(F)cc2)n1)C(=O)Nc1ccc(Cl)cc1. The minimum absolute atomic E-state index is 0.105. The second-order valence-electron chi connectivity index (χ2n) is 7.43. The van der Waals surface area contributed by atoms with Gasteiger partial charge in [0.15, 0.2) is 0 Å². The average Bonchev–Trinajstić information content (AvgIpc) is 2.83. The molecule has 11 heteroatoms. The van der Waals surface area contributed by atoms with Crippen molar-refractivity contribution in [1.82, 2.24) is 15.0 Å². The zero-order valence-electron chi connectivity index (χ0n) is 18.4. The summed E-state index contributed by atoms with van der Waals surface area (Å²) in [6.07, 6.45) is 0. The van der Waals surface area contributed by atoms with E-state index in [2.05, 4.69) is 36.2 Å². The highest BCUT2D eigenvalue weighted by molar-refractivity contribution is 6.30. The van der Waals surface area contributed by atoms with Crippen molar-refractivity contribution < 1.29 is 13.6 Å². The average molecular weight is 496 g/mol. The Labute approximate surface area is 204 Å². The van der Waals surface area contributed by atoms with Gasteiger partial charge in [-0.1, -0.05) is 11.6 Å². The molecule has 0 unspecified atom stereocenters. The van der Waals surface area contributed by atoms with Gasteiger partial charge in [0.2, 0.25) is 23.8 Å². The lowest BCUT2D eigenvalue weighted by Gasteiger charge is -2.16. The van der Waals surface area contributed by atoms with Gasteiger partial charge in [0, 0.05) is 22.1 Å². The topological polar surface area (TPSA) is 104 Å². The van der Waals surface area contributed by atoms with E-state index in [1.807, 2.05) is 0 Å². The van der Waals surface area contributed by atoms with Gasteiger partial charge in [-0.2, -0.15) is 15.0 Å². The smallest absolute Gasteiger partial charge is 0.246 e. The number of hydrogen-bond donors (Lipinski definition) is 4. The summed E-state index contributed by atoms with van der Waals surface area (Å²) in [6.45, 7) is 1.65. The summed E-state index contributed by atoms with van der Waals surface area (Å²) < 4.78 is 26.5. The number of carbonyl (C=O) groups is 1. The number of benzene rings is 3. The fourth-order valence-corrected chi connectivity index (χ4v) is 3.05. The van der Waals surface area contributed by atoms with Crippen LogP contribution in [0.4, 0.5) is 43.7 Å². The van der Waals surface area contributed by atoms with Gasteiger partial charge < -0.3 is 21.3 Å². The third-order valence-electron chi connectivity index (χ3n) is 4.69. The molecule has 0 spiro atoms. The zero-order chi connectivity index (χ0) is 24.8. The standard InChI is InChI=1S/C24H20ClF2N7O/c1-14(21(35)29-18-8-2-15(25)3-9-18)28-22-32-23(30-19-10-4-16(26)5-11-19)34-24(33-22)31-20-12-6-17(27)7-13-20/h2-14H,1H3,(H,29,35)(H3,28,30,31,32,33,34)/t14-/m0/s1. The highest BCUT2D eigenvalue weighted by atomic mass is 35.5. The van der Waals surface area contributed by atoms with Gasteiger partial charge >= 0.3 is 0 Å². The molecular formula is C24H20ClF2N7O. The van der Waals surface area contributed by atoms with E-state index in [1.165, 1.54) is 48.5 Å². The molecule has 1 amide bonds. The summed E-state index contributed by atoms with van der Waals surface area (Å²) in [5, 5.41) is 12.2. The molecule has 3 aromatic carbocycles. The van der Waals surface area contributed by atoms with Crippen LogP contribution in [0.25, 0.3) is 0 Å². The quantitative estimate of drug-likeness (QED) is 0.247. The Balaban J connectivity index is 1.54. The monoisotopic (exact) mass is 495 g/mol. The van der Waals surface area contributed by atoms with Crippen LogP contribution < -0.4 is 21.3 Å². The first kappa shape index (κ1) is 23.8. The molecule has 0 saturated carbocycles. The molecular weight excluding hydrogens is 476 g/mol. The van der Waals surface area contributed by atoms with Gasteiger partial charge in [-0.25, -0.2) is 8.78 Å². The normalized spacial score (nSPS) is 11.4. The van der Waals surface area contributed by atoms with Crippen LogP contribution in [0.3, 0.4) is 0 Å². The van der Waals surface area contributed by atoms with Crippen molar-refractivity contribution >= 4 is 52.4 Å². The van der Waals surface area contributed by atoms with Crippen molar-refractivity contribution in [3.05, 3.63) is 89.5 Å². The van der Waals surface area contributed by atoms with Gasteiger partial charge in [-0.3, -0.25) is 4.79 Å². The molecule has 178 valence electrons. The maximum absolute atomic E-state index is 13.3. The van der Waals surface area contributed by atoms with Crippen LogP contribution in [-0.2, 0) is 4.79 Å². The molecule has 1 atom stereocenters. The van der Waals surface area contributed by atoms with Crippen molar-refractivity contribution in [3.8, 4) is 0 Å². The largest absolute Gasteiger partial charge is 0.342 e. The second kappa shape index (κ2) is 10.7. The minimum atomic E-state index is -0.717. The fourth-order valence-electron chi connectivity index (χ4n) is 2.92. The Morgan fingerprint density at radius 3 is 1.63 bits per heavy atom. The third-order valence-corrected chi connectivity index (χ3v) is 4.94. The maximum atomic E-state index is 13.3. The molecule has 35 heavy (non-hydrogen) atoms. The summed E-state index contributed by atoms with van der Waals surface area (Å²) in [6, 6.07) is 17.3. The summed E-state index contributed by atoms with van der Waals surface area (Å²) in [5.74, 6) is -0.699. The Bertz CT molecular complexity index is 1240. The number of anilines is 6. The van der Waals surface area contributed by atoms with Gasteiger partial charge in [0.25, 0.3) is 0 Å². The first-order chi connectivity index (χ1) is 16.8. The first-order valence-corrected chi connectivity index (χ1v) is 10.9. The molecule has 0 aliphatic carbocycles. The first-order valence-electron chi connectivity index (χ1n) is 10.5. The summed E-state index contributed by atoms with van der Waals surface area (Å²) in [4.78, 5) is 25.6. The van der Waals surface area contributed by atoms with Gasteiger partial charge in [0.1, 0.15) is 17.7 Å². The molecule has 0 aliphatic rings. The molecule has 0 radical (unpaired) electrons. The van der Waals surface area contributed by atoms with Gasteiger partial charge in [-0.05, 0) is 79.7 Å². The number of halogens is 3. The molecule has 0 aliphatic heterocycles. The highest BCUT2D eigenvalue weighted by Crippen LogP contribution is 2.20. The van der Waals surface area contributed by atoms with E-state index < -0.39 is 6.04 Å². The zero-order valence-corrected chi connectivity index (χ0v) is 19.1. The van der Waals surface area contributed by atoms with Crippen molar-refractivity contribution in [2.75, 3.05) is 21.3 Å². The van der Waals surface area contributed by atoms with E-state index in [-0.39, 0.29) is 35.4 Å². The van der Waals surface area contributed by atoms with Gasteiger partial charge in [0.05, 0.1) is 0 Å². The summed E-state index contributed by atoms with van der Waals surface area (Å²) in [7, 11) is 0. The van der Waals surface area contributed by atoms with E-state index in [1.54, 1.807) is 31.2 Å².